The van der Waals surface area contributed by atoms with Crippen LogP contribution in [0.4, 0.5) is 5.82 Å². The van der Waals surface area contributed by atoms with Gasteiger partial charge < -0.3 is 10.2 Å². The predicted molar refractivity (Wildman–Crippen MR) is 77.4 cm³/mol. The number of nitrogens with one attached hydrogen (secondary N) is 1. The molecule has 0 unspecified atom stereocenters. The van der Waals surface area contributed by atoms with Gasteiger partial charge in [0.15, 0.2) is 0 Å². The highest BCUT2D eigenvalue weighted by Gasteiger charge is 2.32. The zero-order valence-electron chi connectivity index (χ0n) is 11.9. The minimum atomic E-state index is 0.0736. The number of aromatic nitrogens is 1. The Morgan fingerprint density at radius 3 is 2.79 bits per heavy atom. The fourth-order valence-electron chi connectivity index (χ4n) is 2.13. The third kappa shape index (κ3) is 3.69. The van der Waals surface area contributed by atoms with E-state index in [2.05, 4.69) is 24.1 Å². The zero-order valence-corrected chi connectivity index (χ0v) is 11.9. The van der Waals surface area contributed by atoms with Gasteiger partial charge in [-0.15, -0.1) is 0 Å². The molecular weight excluding hydrogens is 238 g/mol. The third-order valence-corrected chi connectivity index (χ3v) is 3.24. The van der Waals surface area contributed by atoms with E-state index in [0.717, 1.165) is 44.6 Å². The van der Waals surface area contributed by atoms with Gasteiger partial charge in [0.1, 0.15) is 11.5 Å². The van der Waals surface area contributed by atoms with Crippen LogP contribution in [0.5, 0.6) is 0 Å². The van der Waals surface area contributed by atoms with Crippen molar-refractivity contribution >= 4 is 11.7 Å². The van der Waals surface area contributed by atoms with Crippen LogP contribution in [0, 0.1) is 0 Å². The van der Waals surface area contributed by atoms with Crippen LogP contribution < -0.4 is 5.32 Å². The van der Waals surface area contributed by atoms with E-state index in [1.807, 2.05) is 23.1 Å². The Labute approximate surface area is 115 Å². The number of rotatable bonds is 7. The molecule has 0 atom stereocenters. The lowest BCUT2D eigenvalue weighted by atomic mass is 10.3. The molecule has 1 fully saturated rings. The Bertz CT molecular complexity index is 429. The molecule has 1 heterocycles. The molecule has 0 spiro atoms. The number of hydrogen-bond acceptors (Lipinski definition) is 3. The summed E-state index contributed by atoms with van der Waals surface area (Å²) >= 11 is 0. The summed E-state index contributed by atoms with van der Waals surface area (Å²) in [5, 5.41) is 3.22. The van der Waals surface area contributed by atoms with Crippen LogP contribution in [-0.2, 0) is 0 Å². The van der Waals surface area contributed by atoms with Gasteiger partial charge in [0.05, 0.1) is 0 Å². The molecule has 0 aromatic carbocycles. The molecule has 2 rings (SSSR count). The number of nitrogens with zero attached hydrogens (tertiary/aromatic N) is 2. The molecule has 1 aliphatic carbocycles. The zero-order chi connectivity index (χ0) is 13.7. The summed E-state index contributed by atoms with van der Waals surface area (Å²) in [6, 6.07) is 6.06. The maximum atomic E-state index is 12.5. The van der Waals surface area contributed by atoms with Crippen molar-refractivity contribution in [3.8, 4) is 0 Å². The van der Waals surface area contributed by atoms with E-state index in [9.17, 15) is 4.79 Å². The van der Waals surface area contributed by atoms with Crippen LogP contribution in [0.3, 0.4) is 0 Å². The number of pyridine rings is 1. The van der Waals surface area contributed by atoms with Gasteiger partial charge in [-0.25, -0.2) is 4.98 Å². The smallest absolute Gasteiger partial charge is 0.272 e. The van der Waals surface area contributed by atoms with Gasteiger partial charge in [-0.2, -0.15) is 0 Å². The van der Waals surface area contributed by atoms with E-state index >= 15 is 0 Å². The molecule has 1 aromatic rings. The standard InChI is InChI=1S/C15H23N3O/c1-3-10-16-14-7-5-6-13(17-14)15(19)18(11-4-2)12-8-9-12/h5-7,12H,3-4,8-11H2,1-2H3,(H,16,17). The fraction of sp³-hybridized carbons (Fsp3) is 0.600. The molecule has 1 aromatic heterocycles. The minimum Gasteiger partial charge on any atom is -0.370 e. The highest BCUT2D eigenvalue weighted by Crippen LogP contribution is 2.28. The van der Waals surface area contributed by atoms with E-state index < -0.39 is 0 Å². The van der Waals surface area contributed by atoms with Crippen LogP contribution >= 0.6 is 0 Å². The second-order valence-electron chi connectivity index (χ2n) is 5.06. The topological polar surface area (TPSA) is 45.2 Å². The molecule has 0 saturated heterocycles. The van der Waals surface area contributed by atoms with Crippen molar-refractivity contribution in [1.29, 1.82) is 0 Å². The number of carbonyl (C=O) groups excluding carboxylic acids is 1. The first-order chi connectivity index (χ1) is 9.26. The van der Waals surface area contributed by atoms with Gasteiger partial charge in [0, 0.05) is 19.1 Å². The van der Waals surface area contributed by atoms with Crippen LogP contribution in [0.25, 0.3) is 0 Å². The lowest BCUT2D eigenvalue weighted by molar-refractivity contribution is 0.0737. The number of anilines is 1. The van der Waals surface area contributed by atoms with Crippen LogP contribution in [-0.4, -0.2) is 34.9 Å². The average molecular weight is 261 g/mol. The van der Waals surface area contributed by atoms with Gasteiger partial charge in [-0.1, -0.05) is 19.9 Å². The maximum absolute atomic E-state index is 12.5. The first kappa shape index (κ1) is 13.8. The van der Waals surface area contributed by atoms with Gasteiger partial charge in [0.25, 0.3) is 5.91 Å². The minimum absolute atomic E-state index is 0.0736. The van der Waals surface area contributed by atoms with Crippen LogP contribution in [0.2, 0.25) is 0 Å². The summed E-state index contributed by atoms with van der Waals surface area (Å²) in [4.78, 5) is 18.9. The molecule has 1 saturated carbocycles. The van der Waals surface area contributed by atoms with Crippen molar-refractivity contribution in [2.24, 2.45) is 0 Å². The summed E-state index contributed by atoms with van der Waals surface area (Å²) in [5.41, 5.74) is 0.557. The number of carbonyl (C=O) groups is 1. The lowest BCUT2D eigenvalue weighted by Gasteiger charge is -2.21. The van der Waals surface area contributed by atoms with Crippen molar-refractivity contribution in [3.05, 3.63) is 23.9 Å². The first-order valence-corrected chi connectivity index (χ1v) is 7.28. The monoisotopic (exact) mass is 261 g/mol. The molecule has 4 heteroatoms. The lowest BCUT2D eigenvalue weighted by Crippen LogP contribution is -2.34. The third-order valence-electron chi connectivity index (χ3n) is 3.24. The molecule has 1 aliphatic rings. The van der Waals surface area contributed by atoms with E-state index in [1.165, 1.54) is 0 Å². The quantitative estimate of drug-likeness (QED) is 0.821. The highest BCUT2D eigenvalue weighted by atomic mass is 16.2. The van der Waals surface area contributed by atoms with E-state index in [0.29, 0.717) is 11.7 Å². The van der Waals surface area contributed by atoms with E-state index in [1.54, 1.807) is 0 Å². The van der Waals surface area contributed by atoms with Crippen LogP contribution in [0.1, 0.15) is 50.0 Å². The second kappa shape index (κ2) is 6.55. The SMILES string of the molecule is CCCNc1cccc(C(=O)N(CCC)C2CC2)n1. The Morgan fingerprint density at radius 1 is 1.37 bits per heavy atom. The fourth-order valence-corrected chi connectivity index (χ4v) is 2.13. The van der Waals surface area contributed by atoms with E-state index in [-0.39, 0.29) is 5.91 Å². The molecule has 4 nitrogen and oxygen atoms in total. The molecule has 0 aliphatic heterocycles. The molecule has 0 radical (unpaired) electrons. The molecule has 1 N–H and O–H groups in total. The Hall–Kier alpha value is -1.58. The van der Waals surface area contributed by atoms with Crippen molar-refractivity contribution in [3.63, 3.8) is 0 Å². The highest BCUT2D eigenvalue weighted by molar-refractivity contribution is 5.93. The molecular formula is C15H23N3O. The summed E-state index contributed by atoms with van der Waals surface area (Å²) in [6.45, 7) is 5.93. The first-order valence-electron chi connectivity index (χ1n) is 7.28. The van der Waals surface area contributed by atoms with Gasteiger partial charge in [0.2, 0.25) is 0 Å². The van der Waals surface area contributed by atoms with E-state index in [4.69, 9.17) is 0 Å². The summed E-state index contributed by atoms with van der Waals surface area (Å²) < 4.78 is 0. The van der Waals surface area contributed by atoms with Crippen molar-refractivity contribution in [2.75, 3.05) is 18.4 Å². The molecule has 1 amide bonds. The van der Waals surface area contributed by atoms with Gasteiger partial charge in [-0.05, 0) is 37.8 Å². The largest absolute Gasteiger partial charge is 0.370 e. The Kier molecular flexibility index (Phi) is 4.77. The normalized spacial score (nSPS) is 14.2. The van der Waals surface area contributed by atoms with Crippen molar-refractivity contribution < 1.29 is 4.79 Å². The van der Waals surface area contributed by atoms with Crippen molar-refractivity contribution in [2.45, 2.75) is 45.6 Å². The number of hydrogen-bond donors (Lipinski definition) is 1. The average Bonchev–Trinajstić information content (AvgIpc) is 3.26. The second-order valence-corrected chi connectivity index (χ2v) is 5.06. The maximum Gasteiger partial charge on any atom is 0.272 e. The van der Waals surface area contributed by atoms with Gasteiger partial charge in [-0.3, -0.25) is 4.79 Å². The molecule has 0 bridgehead atoms. The summed E-state index contributed by atoms with van der Waals surface area (Å²) in [7, 11) is 0. The van der Waals surface area contributed by atoms with Crippen molar-refractivity contribution in [1.82, 2.24) is 9.88 Å². The molecule has 19 heavy (non-hydrogen) atoms. The summed E-state index contributed by atoms with van der Waals surface area (Å²) in [5.74, 6) is 0.865. The number of amides is 1. The Morgan fingerprint density at radius 2 is 2.16 bits per heavy atom. The Balaban J connectivity index is 2.08. The summed E-state index contributed by atoms with van der Waals surface area (Å²) in [6.07, 6.45) is 4.32. The van der Waals surface area contributed by atoms with Gasteiger partial charge >= 0.3 is 0 Å². The van der Waals surface area contributed by atoms with Crippen LogP contribution in [0.15, 0.2) is 18.2 Å². The molecule has 104 valence electrons. The predicted octanol–water partition coefficient (Wildman–Crippen LogP) is 2.92.